The fourth-order valence-electron chi connectivity index (χ4n) is 2.50. The van der Waals surface area contributed by atoms with Crippen molar-refractivity contribution in [2.45, 2.75) is 13.8 Å². The number of carbonyl (C=O) groups excluding carboxylic acids is 1. The van der Waals surface area contributed by atoms with Crippen LogP contribution in [-0.4, -0.2) is 44.0 Å². The smallest absolute Gasteiger partial charge is 0.343 e. The number of carbonyl (C=O) groups is 1. The van der Waals surface area contributed by atoms with Gasteiger partial charge in [0, 0.05) is 14.1 Å². The van der Waals surface area contributed by atoms with Crippen LogP contribution in [0.25, 0.3) is 0 Å². The van der Waals surface area contributed by atoms with Crippen molar-refractivity contribution in [2.24, 2.45) is 5.10 Å². The van der Waals surface area contributed by atoms with Crippen LogP contribution in [0.2, 0.25) is 0 Å². The number of esters is 1. The first kappa shape index (κ1) is 26.1. The number of ether oxygens (including phenoxy) is 4. The third-order valence-electron chi connectivity index (χ3n) is 3.92. The van der Waals surface area contributed by atoms with Crippen molar-refractivity contribution in [1.82, 2.24) is 5.01 Å². The van der Waals surface area contributed by atoms with Crippen LogP contribution in [0, 0.1) is 0 Å². The standard InChI is InChI=1S/C24H26Cl2N2O5/c1-5-30-24(29)22(17(2)27-28(3)4)16-32-19-8-12-21(13-9-19)33-20-10-6-18(7-11-20)31-15-14-23(25)26/h6-14,16H,5,15H2,1-4H3/b22-16-,27-17-. The molecule has 0 bridgehead atoms. The van der Waals surface area contributed by atoms with Crippen molar-refractivity contribution in [3.8, 4) is 23.0 Å². The zero-order valence-electron chi connectivity index (χ0n) is 18.9. The van der Waals surface area contributed by atoms with E-state index in [1.54, 1.807) is 87.6 Å². The second-order valence-electron chi connectivity index (χ2n) is 6.75. The number of rotatable bonds is 11. The monoisotopic (exact) mass is 492 g/mol. The van der Waals surface area contributed by atoms with Gasteiger partial charge in [0.2, 0.25) is 0 Å². The van der Waals surface area contributed by atoms with Gasteiger partial charge in [-0.25, -0.2) is 4.79 Å². The van der Waals surface area contributed by atoms with E-state index in [1.807, 2.05) is 0 Å². The maximum atomic E-state index is 12.2. The van der Waals surface area contributed by atoms with E-state index in [0.29, 0.717) is 28.7 Å². The lowest BCUT2D eigenvalue weighted by Gasteiger charge is -2.11. The molecule has 0 spiro atoms. The third kappa shape index (κ3) is 9.47. The van der Waals surface area contributed by atoms with Crippen molar-refractivity contribution in [3.05, 3.63) is 70.9 Å². The number of halogens is 2. The zero-order valence-corrected chi connectivity index (χ0v) is 20.4. The summed E-state index contributed by atoms with van der Waals surface area (Å²) in [5.41, 5.74) is 0.713. The zero-order chi connectivity index (χ0) is 24.2. The summed E-state index contributed by atoms with van der Waals surface area (Å²) < 4.78 is 22.2. The molecule has 9 heteroatoms. The first-order chi connectivity index (χ1) is 15.8. The Labute approximate surface area is 203 Å². The Morgan fingerprint density at radius 2 is 1.52 bits per heavy atom. The van der Waals surface area contributed by atoms with Crippen LogP contribution in [0.5, 0.6) is 23.0 Å². The molecule has 0 aliphatic carbocycles. The van der Waals surface area contributed by atoms with Crippen molar-refractivity contribution < 1.29 is 23.7 Å². The molecule has 0 atom stereocenters. The molecule has 7 nitrogen and oxygen atoms in total. The highest BCUT2D eigenvalue weighted by Crippen LogP contribution is 2.26. The minimum Gasteiger partial charge on any atom is -0.489 e. The van der Waals surface area contributed by atoms with Gasteiger partial charge in [0.1, 0.15) is 45.9 Å². The number of benzene rings is 2. The molecule has 2 aromatic carbocycles. The van der Waals surface area contributed by atoms with Crippen molar-refractivity contribution in [3.63, 3.8) is 0 Å². The van der Waals surface area contributed by atoms with Crippen LogP contribution in [-0.2, 0) is 9.53 Å². The molecule has 2 rings (SSSR count). The molecule has 176 valence electrons. The topological polar surface area (TPSA) is 69.6 Å². The number of hydrogen-bond acceptors (Lipinski definition) is 7. The van der Waals surface area contributed by atoms with Gasteiger partial charge in [-0.2, -0.15) is 5.10 Å². The number of hydrogen-bond donors (Lipinski definition) is 0. The van der Waals surface area contributed by atoms with Crippen LogP contribution in [0.15, 0.2) is 76.0 Å². The van der Waals surface area contributed by atoms with Crippen LogP contribution in [0.3, 0.4) is 0 Å². The molecule has 0 heterocycles. The summed E-state index contributed by atoms with van der Waals surface area (Å²) in [5, 5.41) is 5.84. The Bertz CT molecular complexity index is 997. The molecular weight excluding hydrogens is 467 g/mol. The molecule has 0 saturated carbocycles. The molecule has 0 fully saturated rings. The third-order valence-corrected chi connectivity index (χ3v) is 4.23. The molecule has 0 aromatic heterocycles. The highest BCUT2D eigenvalue weighted by molar-refractivity contribution is 6.55. The molecule has 2 aromatic rings. The predicted octanol–water partition coefficient (Wildman–Crippen LogP) is 5.94. The maximum absolute atomic E-state index is 12.2. The lowest BCUT2D eigenvalue weighted by Crippen LogP contribution is -2.17. The Morgan fingerprint density at radius 3 is 2.03 bits per heavy atom. The quantitative estimate of drug-likeness (QED) is 0.127. The molecular formula is C24H26Cl2N2O5. The van der Waals surface area contributed by atoms with Gasteiger partial charge < -0.3 is 24.0 Å². The molecule has 0 radical (unpaired) electrons. The summed E-state index contributed by atoms with van der Waals surface area (Å²) in [6, 6.07) is 14.1. The molecule has 0 saturated heterocycles. The van der Waals surface area contributed by atoms with E-state index < -0.39 is 5.97 Å². The minimum atomic E-state index is -0.505. The first-order valence-corrected chi connectivity index (χ1v) is 10.8. The van der Waals surface area contributed by atoms with Gasteiger partial charge in [0.05, 0.1) is 12.3 Å². The van der Waals surface area contributed by atoms with E-state index in [0.717, 1.165) is 0 Å². The molecule has 0 aliphatic heterocycles. The van der Waals surface area contributed by atoms with Crippen LogP contribution >= 0.6 is 23.2 Å². The second kappa shape index (κ2) is 13.4. The van der Waals surface area contributed by atoms with Gasteiger partial charge in [-0.3, -0.25) is 0 Å². The maximum Gasteiger partial charge on any atom is 0.343 e. The van der Waals surface area contributed by atoms with Gasteiger partial charge >= 0.3 is 5.97 Å². The average Bonchev–Trinajstić information content (AvgIpc) is 2.76. The Morgan fingerprint density at radius 1 is 0.970 bits per heavy atom. The lowest BCUT2D eigenvalue weighted by atomic mass is 10.2. The van der Waals surface area contributed by atoms with E-state index in [1.165, 1.54) is 6.26 Å². The summed E-state index contributed by atoms with van der Waals surface area (Å²) >= 11 is 11.1. The van der Waals surface area contributed by atoms with Gasteiger partial charge in [-0.15, -0.1) is 0 Å². The Hall–Kier alpha value is -3.16. The largest absolute Gasteiger partial charge is 0.489 e. The molecule has 0 N–H and O–H groups in total. The summed E-state index contributed by atoms with van der Waals surface area (Å²) in [5.74, 6) is 1.94. The van der Waals surface area contributed by atoms with Crippen LogP contribution in [0.4, 0.5) is 0 Å². The van der Waals surface area contributed by atoms with Gasteiger partial charge in [-0.1, -0.05) is 23.2 Å². The fraction of sp³-hybridized carbons (Fsp3) is 0.250. The van der Waals surface area contributed by atoms with Crippen LogP contribution in [0.1, 0.15) is 13.8 Å². The number of nitrogens with zero attached hydrogens (tertiary/aromatic N) is 2. The highest BCUT2D eigenvalue weighted by Gasteiger charge is 2.15. The number of hydrazone groups is 1. The van der Waals surface area contributed by atoms with Crippen molar-refractivity contribution in [1.29, 1.82) is 0 Å². The summed E-state index contributed by atoms with van der Waals surface area (Å²) in [6.07, 6.45) is 2.89. The van der Waals surface area contributed by atoms with Gasteiger partial charge in [0.15, 0.2) is 0 Å². The van der Waals surface area contributed by atoms with Gasteiger partial charge in [-0.05, 0) is 68.5 Å². The van der Waals surface area contributed by atoms with E-state index in [9.17, 15) is 4.79 Å². The molecule has 0 aliphatic rings. The highest BCUT2D eigenvalue weighted by atomic mass is 35.5. The fourth-order valence-corrected chi connectivity index (χ4v) is 2.62. The van der Waals surface area contributed by atoms with Gasteiger partial charge in [0.25, 0.3) is 0 Å². The van der Waals surface area contributed by atoms with Crippen molar-refractivity contribution in [2.75, 3.05) is 27.3 Å². The predicted molar refractivity (Wildman–Crippen MR) is 130 cm³/mol. The summed E-state index contributed by atoms with van der Waals surface area (Å²) in [4.78, 5) is 12.2. The molecule has 0 unspecified atom stereocenters. The lowest BCUT2D eigenvalue weighted by molar-refractivity contribution is -0.137. The SMILES string of the molecule is CCOC(=O)C(=C\Oc1ccc(Oc2ccc(OCC=C(Cl)Cl)cc2)cc1)/C(C)=N\N(C)C. The summed E-state index contributed by atoms with van der Waals surface area (Å²) in [6.45, 7) is 3.98. The van der Waals surface area contributed by atoms with E-state index in [-0.39, 0.29) is 23.3 Å². The Balaban J connectivity index is 2.02. The van der Waals surface area contributed by atoms with E-state index >= 15 is 0 Å². The van der Waals surface area contributed by atoms with Crippen molar-refractivity contribution >= 4 is 34.9 Å². The first-order valence-electron chi connectivity index (χ1n) is 10.1. The normalized spacial score (nSPS) is 11.5. The van der Waals surface area contributed by atoms with Crippen LogP contribution < -0.4 is 14.2 Å². The molecule has 33 heavy (non-hydrogen) atoms. The molecule has 0 amide bonds. The second-order valence-corrected chi connectivity index (χ2v) is 7.76. The summed E-state index contributed by atoms with van der Waals surface area (Å²) in [7, 11) is 3.53. The van der Waals surface area contributed by atoms with E-state index in [2.05, 4.69) is 5.10 Å². The minimum absolute atomic E-state index is 0.159. The van der Waals surface area contributed by atoms with E-state index in [4.69, 9.17) is 42.1 Å². The average molecular weight is 493 g/mol. The Kier molecular flexibility index (Phi) is 10.6.